The van der Waals surface area contributed by atoms with Crippen LogP contribution in [0.15, 0.2) is 70.6 Å². The third-order valence-electron chi connectivity index (χ3n) is 3.68. The molecule has 2 N–H and O–H groups in total. The minimum atomic E-state index is -0.248. The summed E-state index contributed by atoms with van der Waals surface area (Å²) in [6.45, 7) is 4.83. The van der Waals surface area contributed by atoms with E-state index in [1.54, 1.807) is 6.21 Å². The Kier molecular flexibility index (Phi) is 5.99. The highest BCUT2D eigenvalue weighted by atomic mass is 16.5. The van der Waals surface area contributed by atoms with Crippen LogP contribution in [-0.4, -0.2) is 22.8 Å². The molecule has 0 atom stereocenters. The van der Waals surface area contributed by atoms with Gasteiger partial charge < -0.3 is 4.74 Å². The molecule has 0 unspecified atom stereocenters. The van der Waals surface area contributed by atoms with Crippen LogP contribution in [0, 0.1) is 5.92 Å². The van der Waals surface area contributed by atoms with Crippen molar-refractivity contribution in [2.45, 2.75) is 13.8 Å². The standard InChI is InChI=1S/C21H22N4O2/c1-15(2)14-27-19-11-7-6-10-17(19)13-22-25-21-23-18(12-20(26)24-21)16-8-4-3-5-9-16/h3-13,15H,14H2,1-2H3,(H2,23,24,25,26)/b22-13-. The van der Waals surface area contributed by atoms with Crippen molar-refractivity contribution >= 4 is 12.2 Å². The van der Waals surface area contributed by atoms with E-state index < -0.39 is 0 Å². The normalized spacial score (nSPS) is 11.1. The highest BCUT2D eigenvalue weighted by Crippen LogP contribution is 2.17. The molecule has 2 aromatic carbocycles. The number of para-hydroxylation sites is 1. The van der Waals surface area contributed by atoms with Crippen LogP contribution >= 0.6 is 0 Å². The van der Waals surface area contributed by atoms with E-state index in [-0.39, 0.29) is 11.5 Å². The molecule has 1 aromatic heterocycles. The third-order valence-corrected chi connectivity index (χ3v) is 3.68. The molecular formula is C21H22N4O2. The number of aromatic amines is 1. The smallest absolute Gasteiger partial charge is 0.252 e. The average molecular weight is 362 g/mol. The van der Waals surface area contributed by atoms with Gasteiger partial charge in [-0.05, 0) is 18.1 Å². The molecule has 6 heteroatoms. The molecular weight excluding hydrogens is 340 g/mol. The fourth-order valence-corrected chi connectivity index (χ4v) is 2.41. The molecule has 0 fully saturated rings. The summed E-state index contributed by atoms with van der Waals surface area (Å²) in [5, 5.41) is 4.19. The number of benzene rings is 2. The first-order valence-electron chi connectivity index (χ1n) is 8.79. The second kappa shape index (κ2) is 8.80. The van der Waals surface area contributed by atoms with Gasteiger partial charge in [0.15, 0.2) is 0 Å². The maximum Gasteiger partial charge on any atom is 0.252 e. The van der Waals surface area contributed by atoms with Gasteiger partial charge in [0, 0.05) is 17.2 Å². The largest absolute Gasteiger partial charge is 0.493 e. The number of hydrogen-bond donors (Lipinski definition) is 2. The van der Waals surface area contributed by atoms with Crippen molar-refractivity contribution in [1.82, 2.24) is 9.97 Å². The van der Waals surface area contributed by atoms with Gasteiger partial charge >= 0.3 is 0 Å². The van der Waals surface area contributed by atoms with Crippen molar-refractivity contribution < 1.29 is 4.74 Å². The molecule has 0 aliphatic rings. The lowest BCUT2D eigenvalue weighted by Crippen LogP contribution is -2.10. The molecule has 0 spiro atoms. The molecule has 3 rings (SSSR count). The number of anilines is 1. The van der Waals surface area contributed by atoms with Crippen LogP contribution in [0.4, 0.5) is 5.95 Å². The maximum atomic E-state index is 11.9. The summed E-state index contributed by atoms with van der Waals surface area (Å²) < 4.78 is 5.80. The summed E-state index contributed by atoms with van der Waals surface area (Å²) >= 11 is 0. The monoisotopic (exact) mass is 362 g/mol. The Labute approximate surface area is 157 Å². The first kappa shape index (κ1) is 18.4. The van der Waals surface area contributed by atoms with E-state index in [4.69, 9.17) is 4.74 Å². The lowest BCUT2D eigenvalue weighted by molar-refractivity contribution is 0.271. The van der Waals surface area contributed by atoms with Crippen LogP contribution in [0.3, 0.4) is 0 Å². The number of nitrogens with zero attached hydrogens (tertiary/aromatic N) is 2. The first-order chi connectivity index (χ1) is 13.1. The first-order valence-corrected chi connectivity index (χ1v) is 8.79. The molecule has 6 nitrogen and oxygen atoms in total. The van der Waals surface area contributed by atoms with Crippen molar-refractivity contribution in [1.29, 1.82) is 0 Å². The number of hydrazone groups is 1. The Balaban J connectivity index is 1.76. The zero-order chi connectivity index (χ0) is 19.1. The van der Waals surface area contributed by atoms with E-state index in [0.29, 0.717) is 18.2 Å². The molecule has 0 aliphatic heterocycles. The van der Waals surface area contributed by atoms with Gasteiger partial charge in [0.2, 0.25) is 5.95 Å². The van der Waals surface area contributed by atoms with Crippen LogP contribution in [-0.2, 0) is 0 Å². The van der Waals surface area contributed by atoms with Crippen molar-refractivity contribution in [3.8, 4) is 17.0 Å². The Hall–Kier alpha value is -3.41. The fourth-order valence-electron chi connectivity index (χ4n) is 2.41. The third kappa shape index (κ3) is 5.28. The molecule has 0 aliphatic carbocycles. The Morgan fingerprint density at radius 1 is 1.15 bits per heavy atom. The minimum Gasteiger partial charge on any atom is -0.493 e. The topological polar surface area (TPSA) is 79.4 Å². The van der Waals surface area contributed by atoms with Crippen molar-refractivity contribution in [3.05, 3.63) is 76.6 Å². The summed E-state index contributed by atoms with van der Waals surface area (Å²) in [6.07, 6.45) is 1.64. The second-order valence-electron chi connectivity index (χ2n) is 6.46. The van der Waals surface area contributed by atoms with Crippen molar-refractivity contribution in [3.63, 3.8) is 0 Å². The molecule has 3 aromatic rings. The molecule has 0 bridgehead atoms. The van der Waals surface area contributed by atoms with E-state index in [1.165, 1.54) is 6.07 Å². The van der Waals surface area contributed by atoms with E-state index in [9.17, 15) is 4.79 Å². The number of H-pyrrole nitrogens is 1. The highest BCUT2D eigenvalue weighted by Gasteiger charge is 2.04. The van der Waals surface area contributed by atoms with Crippen LogP contribution in [0.5, 0.6) is 5.75 Å². The molecule has 0 amide bonds. The second-order valence-corrected chi connectivity index (χ2v) is 6.46. The maximum absolute atomic E-state index is 11.9. The predicted octanol–water partition coefficient (Wildman–Crippen LogP) is 3.92. The zero-order valence-corrected chi connectivity index (χ0v) is 15.3. The summed E-state index contributed by atoms with van der Waals surface area (Å²) in [5.41, 5.74) is 4.82. The van der Waals surface area contributed by atoms with Crippen molar-refractivity contribution in [2.75, 3.05) is 12.0 Å². The number of ether oxygens (including phenoxy) is 1. The zero-order valence-electron chi connectivity index (χ0n) is 15.3. The van der Waals surface area contributed by atoms with Gasteiger partial charge in [0.1, 0.15) is 5.75 Å². The Morgan fingerprint density at radius 2 is 1.89 bits per heavy atom. The van der Waals surface area contributed by atoms with E-state index in [1.807, 2.05) is 54.6 Å². The predicted molar refractivity (Wildman–Crippen MR) is 108 cm³/mol. The summed E-state index contributed by atoms with van der Waals surface area (Å²) in [4.78, 5) is 19.0. The van der Waals surface area contributed by atoms with Gasteiger partial charge in [-0.25, -0.2) is 10.4 Å². The van der Waals surface area contributed by atoms with Gasteiger partial charge in [0.05, 0.1) is 18.5 Å². The number of nitrogens with one attached hydrogen (secondary N) is 2. The molecule has 0 saturated carbocycles. The Morgan fingerprint density at radius 3 is 2.67 bits per heavy atom. The van der Waals surface area contributed by atoms with Gasteiger partial charge in [-0.1, -0.05) is 56.3 Å². The summed E-state index contributed by atoms with van der Waals surface area (Å²) in [5.74, 6) is 1.47. The van der Waals surface area contributed by atoms with Gasteiger partial charge in [-0.2, -0.15) is 5.10 Å². The van der Waals surface area contributed by atoms with Gasteiger partial charge in [0.25, 0.3) is 5.56 Å². The Bertz CT molecular complexity index is 965. The lowest BCUT2D eigenvalue weighted by atomic mass is 10.1. The molecule has 0 saturated heterocycles. The van der Waals surface area contributed by atoms with Gasteiger partial charge in [-0.3, -0.25) is 9.78 Å². The molecule has 0 radical (unpaired) electrons. The van der Waals surface area contributed by atoms with Gasteiger partial charge in [-0.15, -0.1) is 0 Å². The lowest BCUT2D eigenvalue weighted by Gasteiger charge is -2.10. The number of aromatic nitrogens is 2. The van der Waals surface area contributed by atoms with E-state index in [2.05, 4.69) is 34.3 Å². The summed E-state index contributed by atoms with van der Waals surface area (Å²) in [7, 11) is 0. The van der Waals surface area contributed by atoms with Crippen molar-refractivity contribution in [2.24, 2.45) is 11.0 Å². The number of rotatable bonds is 7. The quantitative estimate of drug-likeness (QED) is 0.493. The minimum absolute atomic E-state index is 0.248. The van der Waals surface area contributed by atoms with E-state index in [0.717, 1.165) is 16.9 Å². The van der Waals surface area contributed by atoms with Crippen LogP contribution in [0.25, 0.3) is 11.3 Å². The summed E-state index contributed by atoms with van der Waals surface area (Å²) in [6, 6.07) is 18.6. The molecule has 27 heavy (non-hydrogen) atoms. The fraction of sp³-hybridized carbons (Fsp3) is 0.190. The highest BCUT2D eigenvalue weighted by molar-refractivity contribution is 5.83. The van der Waals surface area contributed by atoms with Crippen LogP contribution < -0.4 is 15.7 Å². The van der Waals surface area contributed by atoms with Crippen LogP contribution in [0.2, 0.25) is 0 Å². The molecule has 1 heterocycles. The molecule has 138 valence electrons. The van der Waals surface area contributed by atoms with Crippen LogP contribution in [0.1, 0.15) is 19.4 Å². The average Bonchev–Trinajstić information content (AvgIpc) is 2.67. The SMILES string of the molecule is CC(C)COc1ccccc1/C=N\Nc1nc(-c2ccccc2)cc(=O)[nH]1. The number of hydrogen-bond acceptors (Lipinski definition) is 5. The van der Waals surface area contributed by atoms with E-state index >= 15 is 0 Å².